The highest BCUT2D eigenvalue weighted by Crippen LogP contribution is 2.24. The normalized spacial score (nSPS) is 10.6. The average molecular weight is 188 g/mol. The van der Waals surface area contributed by atoms with Crippen LogP contribution < -0.4 is 5.73 Å². The molecule has 2 heteroatoms. The zero-order valence-electron chi connectivity index (χ0n) is 7.76. The minimum Gasteiger partial charge on any atom is -0.300 e. The molecule has 0 aromatic heterocycles. The average Bonchev–Trinajstić information content (AvgIpc) is 2.18. The lowest BCUT2D eigenvalue weighted by Crippen LogP contribution is -1.88. The lowest BCUT2D eigenvalue weighted by molar-refractivity contribution is 0.495. The van der Waals surface area contributed by atoms with E-state index in [9.17, 15) is 4.39 Å². The maximum absolute atomic E-state index is 12.1. The van der Waals surface area contributed by atoms with Gasteiger partial charge >= 0.3 is 0 Å². The van der Waals surface area contributed by atoms with Crippen molar-refractivity contribution in [2.45, 2.75) is 6.42 Å². The Bertz CT molecular complexity index is 451. The quantitative estimate of drug-likeness (QED) is 0.690. The minimum absolute atomic E-state index is 0.363. The molecule has 0 saturated heterocycles. The molecule has 0 saturated carbocycles. The summed E-state index contributed by atoms with van der Waals surface area (Å²) in [6.45, 7) is -0.363. The van der Waals surface area contributed by atoms with E-state index in [1.165, 1.54) is 0 Å². The summed E-state index contributed by atoms with van der Waals surface area (Å²) in [5.74, 6) is 0. The van der Waals surface area contributed by atoms with Gasteiger partial charge in [0.2, 0.25) is 0 Å². The molecule has 2 aromatic carbocycles. The molecule has 14 heavy (non-hydrogen) atoms. The second kappa shape index (κ2) is 3.66. The fraction of sp³-hybridized carbons (Fsp3) is 0.167. The van der Waals surface area contributed by atoms with Crippen molar-refractivity contribution < 1.29 is 4.39 Å². The predicted octanol–water partition coefficient (Wildman–Crippen LogP) is 3.27. The monoisotopic (exact) mass is 188 g/mol. The summed E-state index contributed by atoms with van der Waals surface area (Å²) in [6, 6.07) is 11.4. The molecule has 0 heterocycles. The molecule has 0 aliphatic heterocycles. The number of halogens is 1. The minimum atomic E-state index is -0.363. The molecule has 0 bridgehead atoms. The molecule has 2 rings (SSSR count). The van der Waals surface area contributed by atoms with E-state index in [4.69, 9.17) is 5.73 Å². The van der Waals surface area contributed by atoms with E-state index in [-0.39, 0.29) is 6.67 Å². The Hall–Kier alpha value is -1.57. The number of nitrogens with one attached hydrogen (secondary N) is 1. The summed E-state index contributed by atoms with van der Waals surface area (Å²) in [6.07, 6.45) is 0.400. The van der Waals surface area contributed by atoms with Gasteiger partial charge in [0, 0.05) is 11.8 Å². The van der Waals surface area contributed by atoms with Crippen LogP contribution in [0.15, 0.2) is 36.4 Å². The van der Waals surface area contributed by atoms with Crippen molar-refractivity contribution in [2.75, 3.05) is 6.67 Å². The first-order valence-electron chi connectivity index (χ1n) is 4.60. The fourth-order valence-corrected chi connectivity index (χ4v) is 1.63. The molecule has 0 spiro atoms. The van der Waals surface area contributed by atoms with Gasteiger partial charge in [-0.15, -0.1) is 0 Å². The zero-order valence-corrected chi connectivity index (χ0v) is 7.76. The summed E-state index contributed by atoms with van der Waals surface area (Å²) < 4.78 is 12.1. The predicted molar refractivity (Wildman–Crippen MR) is 56.4 cm³/mol. The Morgan fingerprint density at radius 2 is 1.93 bits per heavy atom. The second-order valence-corrected chi connectivity index (χ2v) is 3.30. The highest BCUT2D eigenvalue weighted by Gasteiger charge is 2.00. The van der Waals surface area contributed by atoms with Crippen LogP contribution in [-0.4, -0.2) is 6.67 Å². The van der Waals surface area contributed by atoms with E-state index in [1.807, 2.05) is 30.3 Å². The molecule has 0 aliphatic carbocycles. The maximum atomic E-state index is 12.1. The molecule has 0 atom stereocenters. The first-order valence-corrected chi connectivity index (χ1v) is 4.60. The van der Waals surface area contributed by atoms with E-state index in [0.717, 1.165) is 16.3 Å². The Kier molecular flexibility index (Phi) is 2.35. The van der Waals surface area contributed by atoms with Crippen molar-refractivity contribution in [3.05, 3.63) is 42.0 Å². The summed E-state index contributed by atoms with van der Waals surface area (Å²) in [5.41, 5.74) is 9.14. The van der Waals surface area contributed by atoms with Gasteiger partial charge in [-0.25, -0.2) is 0 Å². The summed E-state index contributed by atoms with van der Waals surface area (Å²) in [4.78, 5) is 0. The fourth-order valence-electron chi connectivity index (χ4n) is 1.63. The summed E-state index contributed by atoms with van der Waals surface area (Å²) >= 11 is 0. The first-order chi connectivity index (χ1) is 6.81. The molecule has 0 unspecified atom stereocenters. The van der Waals surface area contributed by atoms with E-state index < -0.39 is 0 Å². The Morgan fingerprint density at radius 3 is 2.71 bits per heavy atom. The SMILES string of the molecule is [NH]c1cc(CCF)cc2ccccc12. The maximum Gasteiger partial charge on any atom is 0.0934 e. The molecule has 1 N–H and O–H groups in total. The number of rotatable bonds is 2. The lowest BCUT2D eigenvalue weighted by atomic mass is 10.0. The topological polar surface area (TPSA) is 23.8 Å². The molecule has 0 fully saturated rings. The molecule has 71 valence electrons. The smallest absolute Gasteiger partial charge is 0.0934 e. The highest BCUT2D eigenvalue weighted by molar-refractivity contribution is 5.92. The van der Waals surface area contributed by atoms with Crippen LogP contribution in [0.4, 0.5) is 10.1 Å². The standard InChI is InChI=1S/C12H11FN/c13-6-5-9-7-10-3-1-2-4-11(10)12(14)8-9/h1-4,7-8,14H,5-6H2. The Labute approximate surface area is 82.3 Å². The third-order valence-electron chi connectivity index (χ3n) is 2.30. The zero-order chi connectivity index (χ0) is 9.97. The first kappa shape index (κ1) is 9.00. The van der Waals surface area contributed by atoms with Crippen LogP contribution in [0.25, 0.3) is 10.8 Å². The van der Waals surface area contributed by atoms with Crippen molar-refractivity contribution >= 4 is 16.5 Å². The molecule has 0 aliphatic rings. The van der Waals surface area contributed by atoms with Crippen molar-refractivity contribution in [3.63, 3.8) is 0 Å². The van der Waals surface area contributed by atoms with Crippen molar-refractivity contribution in [1.82, 2.24) is 5.73 Å². The molecule has 1 nitrogen and oxygen atoms in total. The van der Waals surface area contributed by atoms with Gasteiger partial charge < -0.3 is 5.73 Å². The van der Waals surface area contributed by atoms with Crippen LogP contribution >= 0.6 is 0 Å². The van der Waals surface area contributed by atoms with Gasteiger partial charge in [0.25, 0.3) is 0 Å². The van der Waals surface area contributed by atoms with Gasteiger partial charge in [-0.3, -0.25) is 4.39 Å². The summed E-state index contributed by atoms with van der Waals surface area (Å²) in [5, 5.41) is 1.94. The molecule has 2 aromatic rings. The van der Waals surface area contributed by atoms with Gasteiger partial charge in [0.1, 0.15) is 0 Å². The second-order valence-electron chi connectivity index (χ2n) is 3.30. The number of fused-ring (bicyclic) bond motifs is 1. The van der Waals surface area contributed by atoms with Crippen LogP contribution in [0.3, 0.4) is 0 Å². The largest absolute Gasteiger partial charge is 0.300 e. The number of benzene rings is 2. The van der Waals surface area contributed by atoms with E-state index in [1.54, 1.807) is 6.07 Å². The lowest BCUT2D eigenvalue weighted by Gasteiger charge is -2.04. The van der Waals surface area contributed by atoms with Crippen LogP contribution in [0.5, 0.6) is 0 Å². The van der Waals surface area contributed by atoms with Gasteiger partial charge in [0.05, 0.1) is 12.4 Å². The van der Waals surface area contributed by atoms with Gasteiger partial charge in [-0.2, -0.15) is 0 Å². The van der Waals surface area contributed by atoms with E-state index >= 15 is 0 Å². The highest BCUT2D eigenvalue weighted by atomic mass is 19.1. The van der Waals surface area contributed by atoms with Gasteiger partial charge in [-0.1, -0.05) is 30.3 Å². The van der Waals surface area contributed by atoms with E-state index in [2.05, 4.69) is 0 Å². The van der Waals surface area contributed by atoms with Gasteiger partial charge in [0.15, 0.2) is 0 Å². The number of aryl methyl sites for hydroxylation is 1. The van der Waals surface area contributed by atoms with E-state index in [0.29, 0.717) is 12.1 Å². The third kappa shape index (κ3) is 1.55. The van der Waals surface area contributed by atoms with Crippen molar-refractivity contribution in [3.8, 4) is 0 Å². The van der Waals surface area contributed by atoms with Crippen LogP contribution in [0.1, 0.15) is 5.56 Å². The van der Waals surface area contributed by atoms with Crippen LogP contribution in [0, 0.1) is 0 Å². The molecular formula is C12H11FN. The van der Waals surface area contributed by atoms with Gasteiger partial charge in [-0.05, 0) is 17.0 Å². The van der Waals surface area contributed by atoms with Crippen LogP contribution in [-0.2, 0) is 6.42 Å². The van der Waals surface area contributed by atoms with Crippen LogP contribution in [0.2, 0.25) is 0 Å². The third-order valence-corrected chi connectivity index (χ3v) is 2.30. The molecule has 0 amide bonds. The number of alkyl halides is 1. The Balaban J connectivity index is 2.60. The number of hydrogen-bond acceptors (Lipinski definition) is 0. The number of hydrogen-bond donors (Lipinski definition) is 0. The molecule has 1 radical (unpaired) electrons. The van der Waals surface area contributed by atoms with Crippen molar-refractivity contribution in [2.24, 2.45) is 0 Å². The van der Waals surface area contributed by atoms with Crippen molar-refractivity contribution in [1.29, 1.82) is 0 Å². The Morgan fingerprint density at radius 1 is 1.14 bits per heavy atom. The summed E-state index contributed by atoms with van der Waals surface area (Å²) in [7, 11) is 0. The molecular weight excluding hydrogens is 177 g/mol.